The summed E-state index contributed by atoms with van der Waals surface area (Å²) in [4.78, 5) is 15.6. The molecule has 0 radical (unpaired) electrons. The summed E-state index contributed by atoms with van der Waals surface area (Å²) in [5.74, 6) is -0.217. The van der Waals surface area contributed by atoms with Crippen molar-refractivity contribution in [3.05, 3.63) is 40.7 Å². The number of H-pyrrole nitrogens is 1. The number of carbonyl (C=O) groups excluding carboxylic acids is 1. The Bertz CT molecular complexity index is 543. The monoisotopic (exact) mass is 220 g/mol. The lowest BCUT2D eigenvalue weighted by Crippen LogP contribution is -2.16. The highest BCUT2D eigenvalue weighted by atomic mass is 32.1. The van der Waals surface area contributed by atoms with Crippen molar-refractivity contribution < 1.29 is 4.79 Å². The zero-order valence-electron chi connectivity index (χ0n) is 7.68. The Morgan fingerprint density at radius 2 is 2.07 bits per heavy atom. The first-order valence-electron chi connectivity index (χ1n) is 4.23. The molecule has 3 N–H and O–H groups in total. The zero-order valence-corrected chi connectivity index (χ0v) is 8.49. The molecule has 1 aromatic carbocycles. The zero-order chi connectivity index (χ0) is 10.8. The van der Waals surface area contributed by atoms with Gasteiger partial charge in [0.15, 0.2) is 0 Å². The molecule has 0 spiro atoms. The summed E-state index contributed by atoms with van der Waals surface area (Å²) in [6.07, 6.45) is 0. The van der Waals surface area contributed by atoms with Crippen LogP contribution in [0.25, 0.3) is 0 Å². The third kappa shape index (κ3) is 1.79. The second-order valence-electron chi connectivity index (χ2n) is 2.89. The van der Waals surface area contributed by atoms with E-state index in [9.17, 15) is 4.79 Å². The molecule has 5 nitrogen and oxygen atoms in total. The van der Waals surface area contributed by atoms with Crippen molar-refractivity contribution in [2.75, 3.05) is 5.73 Å². The van der Waals surface area contributed by atoms with Crippen molar-refractivity contribution in [2.24, 2.45) is 0 Å². The van der Waals surface area contributed by atoms with E-state index in [4.69, 9.17) is 18.0 Å². The number of hydrogen-bond acceptors (Lipinski definition) is 4. The van der Waals surface area contributed by atoms with Gasteiger partial charge in [0, 0.05) is 5.56 Å². The lowest BCUT2D eigenvalue weighted by atomic mass is 10.2. The van der Waals surface area contributed by atoms with Gasteiger partial charge in [0.2, 0.25) is 10.7 Å². The van der Waals surface area contributed by atoms with Crippen molar-refractivity contribution in [2.45, 2.75) is 0 Å². The molecule has 2 aromatic rings. The molecular formula is C9H8N4OS. The molecule has 1 aromatic heterocycles. The van der Waals surface area contributed by atoms with Crippen LogP contribution < -0.4 is 5.73 Å². The van der Waals surface area contributed by atoms with E-state index < -0.39 is 0 Å². The van der Waals surface area contributed by atoms with Crippen LogP contribution in [0, 0.1) is 4.77 Å². The van der Waals surface area contributed by atoms with Gasteiger partial charge < -0.3 is 5.73 Å². The topological polar surface area (TPSA) is 76.7 Å². The molecule has 0 atom stereocenters. The van der Waals surface area contributed by atoms with Gasteiger partial charge in [0.25, 0.3) is 5.91 Å². The van der Waals surface area contributed by atoms with E-state index in [0.717, 1.165) is 4.68 Å². The molecule has 2 rings (SSSR count). The summed E-state index contributed by atoms with van der Waals surface area (Å²) in [6.45, 7) is 0. The molecular weight excluding hydrogens is 212 g/mol. The first-order valence-corrected chi connectivity index (χ1v) is 4.63. The molecule has 1 heterocycles. The van der Waals surface area contributed by atoms with E-state index in [0.29, 0.717) is 5.56 Å². The molecule has 0 saturated carbocycles. The van der Waals surface area contributed by atoms with Crippen molar-refractivity contribution in [3.63, 3.8) is 0 Å². The third-order valence-electron chi connectivity index (χ3n) is 1.88. The van der Waals surface area contributed by atoms with Gasteiger partial charge in [-0.05, 0) is 24.4 Å². The van der Waals surface area contributed by atoms with Gasteiger partial charge >= 0.3 is 0 Å². The Labute approximate surface area is 90.5 Å². The van der Waals surface area contributed by atoms with Crippen LogP contribution in [0.3, 0.4) is 0 Å². The number of nitrogens with two attached hydrogens (primary N) is 1. The van der Waals surface area contributed by atoms with E-state index in [1.165, 1.54) is 0 Å². The van der Waals surface area contributed by atoms with Crippen LogP contribution in [-0.4, -0.2) is 20.7 Å². The average molecular weight is 220 g/mol. The quantitative estimate of drug-likeness (QED) is 0.708. The van der Waals surface area contributed by atoms with E-state index in [-0.39, 0.29) is 16.6 Å². The number of benzene rings is 1. The lowest BCUT2D eigenvalue weighted by Gasteiger charge is -2.01. The molecule has 0 aliphatic heterocycles. The number of anilines is 1. The van der Waals surface area contributed by atoms with Crippen LogP contribution in [0.1, 0.15) is 10.4 Å². The number of nitrogen functional groups attached to an aromatic ring is 1. The standard InChI is InChI=1S/C9H8N4OS/c10-8-11-9(15)12-13(8)7(14)6-4-2-1-3-5-6/h1-5H,(H3,10,11,12,15). The maximum atomic E-state index is 11.8. The third-order valence-corrected chi connectivity index (χ3v) is 2.06. The maximum absolute atomic E-state index is 11.8. The number of hydrogen-bond donors (Lipinski definition) is 2. The summed E-state index contributed by atoms with van der Waals surface area (Å²) >= 11 is 4.77. The molecule has 15 heavy (non-hydrogen) atoms. The van der Waals surface area contributed by atoms with Crippen molar-refractivity contribution >= 4 is 24.1 Å². The highest BCUT2D eigenvalue weighted by Gasteiger charge is 2.11. The SMILES string of the molecule is Nc1nc(=S)[nH]n1C(=O)c1ccccc1. The van der Waals surface area contributed by atoms with E-state index in [1.54, 1.807) is 24.3 Å². The molecule has 0 aliphatic carbocycles. The summed E-state index contributed by atoms with van der Waals surface area (Å²) in [5, 5.41) is 2.59. The molecule has 0 fully saturated rings. The fraction of sp³-hybridized carbons (Fsp3) is 0. The number of rotatable bonds is 1. The van der Waals surface area contributed by atoms with E-state index in [2.05, 4.69) is 10.1 Å². The lowest BCUT2D eigenvalue weighted by molar-refractivity contribution is 0.0947. The fourth-order valence-corrected chi connectivity index (χ4v) is 1.38. The fourth-order valence-electron chi connectivity index (χ4n) is 1.20. The minimum atomic E-state index is -0.281. The Balaban J connectivity index is 2.46. The first kappa shape index (κ1) is 9.60. The van der Waals surface area contributed by atoms with Crippen LogP contribution in [0.4, 0.5) is 5.95 Å². The largest absolute Gasteiger partial charge is 0.368 e. The normalized spacial score (nSPS) is 10.1. The Morgan fingerprint density at radius 1 is 1.40 bits per heavy atom. The first-order chi connectivity index (χ1) is 7.18. The van der Waals surface area contributed by atoms with Crippen molar-refractivity contribution in [3.8, 4) is 0 Å². The summed E-state index contributed by atoms with van der Waals surface area (Å²) in [6, 6.07) is 8.76. The van der Waals surface area contributed by atoms with E-state index >= 15 is 0 Å². The van der Waals surface area contributed by atoms with Crippen LogP contribution in [-0.2, 0) is 0 Å². The molecule has 0 saturated heterocycles. The highest BCUT2D eigenvalue weighted by Crippen LogP contribution is 2.04. The number of nitrogens with one attached hydrogen (secondary N) is 1. The molecule has 0 unspecified atom stereocenters. The highest BCUT2D eigenvalue weighted by molar-refractivity contribution is 7.71. The van der Waals surface area contributed by atoms with Crippen molar-refractivity contribution in [1.82, 2.24) is 14.8 Å². The second kappa shape index (κ2) is 3.66. The van der Waals surface area contributed by atoms with Gasteiger partial charge in [0.1, 0.15) is 0 Å². The minimum absolute atomic E-state index is 0.0638. The number of aromatic amines is 1. The predicted molar refractivity (Wildman–Crippen MR) is 58.0 cm³/mol. The molecule has 0 bridgehead atoms. The summed E-state index contributed by atoms with van der Waals surface area (Å²) < 4.78 is 1.31. The maximum Gasteiger partial charge on any atom is 0.279 e. The number of nitrogens with zero attached hydrogens (tertiary/aromatic N) is 2. The van der Waals surface area contributed by atoms with Gasteiger partial charge in [-0.2, -0.15) is 9.67 Å². The van der Waals surface area contributed by atoms with Crippen LogP contribution in [0.5, 0.6) is 0 Å². The van der Waals surface area contributed by atoms with Gasteiger partial charge in [-0.15, -0.1) is 0 Å². The van der Waals surface area contributed by atoms with Crippen LogP contribution in [0.2, 0.25) is 0 Å². The number of carbonyl (C=O) groups is 1. The molecule has 0 amide bonds. The second-order valence-corrected chi connectivity index (χ2v) is 3.28. The Hall–Kier alpha value is -1.95. The van der Waals surface area contributed by atoms with Crippen LogP contribution >= 0.6 is 12.2 Å². The minimum Gasteiger partial charge on any atom is -0.368 e. The molecule has 6 heteroatoms. The molecule has 0 aliphatic rings. The smallest absolute Gasteiger partial charge is 0.279 e. The van der Waals surface area contributed by atoms with Crippen molar-refractivity contribution in [1.29, 1.82) is 0 Å². The average Bonchev–Trinajstić information content (AvgIpc) is 2.58. The Morgan fingerprint density at radius 3 is 2.60 bits per heavy atom. The number of aromatic nitrogens is 3. The van der Waals surface area contributed by atoms with Gasteiger partial charge in [-0.3, -0.25) is 9.89 Å². The van der Waals surface area contributed by atoms with Crippen LogP contribution in [0.15, 0.2) is 30.3 Å². The van der Waals surface area contributed by atoms with Gasteiger partial charge in [-0.1, -0.05) is 18.2 Å². The predicted octanol–water partition coefficient (Wildman–Crippen LogP) is 1.21. The van der Waals surface area contributed by atoms with Gasteiger partial charge in [0.05, 0.1) is 0 Å². The molecule has 76 valence electrons. The Kier molecular flexibility index (Phi) is 2.34. The van der Waals surface area contributed by atoms with Gasteiger partial charge in [-0.25, -0.2) is 0 Å². The summed E-state index contributed by atoms with van der Waals surface area (Å²) in [7, 11) is 0. The van der Waals surface area contributed by atoms with E-state index in [1.807, 2.05) is 6.07 Å². The summed E-state index contributed by atoms with van der Waals surface area (Å²) in [5.41, 5.74) is 6.03.